The van der Waals surface area contributed by atoms with Crippen molar-refractivity contribution in [1.29, 1.82) is 0 Å². The lowest BCUT2D eigenvalue weighted by molar-refractivity contribution is -0.422. The van der Waals surface area contributed by atoms with E-state index in [9.17, 15) is 20.2 Å². The number of hydrogen-bond donors (Lipinski definition) is 0. The van der Waals surface area contributed by atoms with Crippen molar-refractivity contribution in [2.75, 3.05) is 38.0 Å². The van der Waals surface area contributed by atoms with Crippen molar-refractivity contribution < 1.29 is 9.85 Å². The van der Waals surface area contributed by atoms with Crippen molar-refractivity contribution in [3.63, 3.8) is 0 Å². The highest BCUT2D eigenvalue weighted by Gasteiger charge is 2.28. The smallest absolute Gasteiger partial charge is 0.348 e. The number of anilines is 2. The first-order chi connectivity index (χ1) is 8.25. The summed E-state index contributed by atoms with van der Waals surface area (Å²) >= 11 is 0. The quantitative estimate of drug-likeness (QED) is 0.599. The van der Waals surface area contributed by atoms with Crippen LogP contribution in [0, 0.1) is 20.2 Å². The summed E-state index contributed by atoms with van der Waals surface area (Å²) in [4.78, 5) is 23.6. The summed E-state index contributed by atoms with van der Waals surface area (Å²) in [6.07, 6.45) is 0. The topological polar surface area (TPSA) is 92.8 Å². The van der Waals surface area contributed by atoms with Crippen molar-refractivity contribution in [1.82, 2.24) is 0 Å². The van der Waals surface area contributed by atoms with E-state index in [4.69, 9.17) is 0 Å². The first-order valence-corrected chi connectivity index (χ1v) is 5.07. The summed E-state index contributed by atoms with van der Waals surface area (Å²) in [5, 5.41) is 21.7. The van der Waals surface area contributed by atoms with E-state index in [2.05, 4.69) is 0 Å². The van der Waals surface area contributed by atoms with Crippen LogP contribution < -0.4 is 9.80 Å². The molecule has 1 aromatic rings. The van der Waals surface area contributed by atoms with E-state index in [0.29, 0.717) is 11.4 Å². The van der Waals surface area contributed by atoms with Crippen molar-refractivity contribution in [2.24, 2.45) is 0 Å². The highest BCUT2D eigenvalue weighted by molar-refractivity contribution is 5.78. The van der Waals surface area contributed by atoms with Gasteiger partial charge in [-0.3, -0.25) is 20.2 Å². The predicted molar refractivity (Wildman–Crippen MR) is 68.4 cm³/mol. The van der Waals surface area contributed by atoms with E-state index in [0.717, 1.165) is 0 Å². The number of nitro benzene ring substituents is 2. The Balaban J connectivity index is 3.60. The molecule has 8 heteroatoms. The van der Waals surface area contributed by atoms with Crippen LogP contribution in [-0.4, -0.2) is 38.0 Å². The monoisotopic (exact) mass is 254 g/mol. The van der Waals surface area contributed by atoms with E-state index in [1.807, 2.05) is 0 Å². The van der Waals surface area contributed by atoms with E-state index in [-0.39, 0.29) is 0 Å². The van der Waals surface area contributed by atoms with Gasteiger partial charge in [0.2, 0.25) is 0 Å². The molecule has 0 aliphatic carbocycles. The molecule has 0 bridgehead atoms. The maximum absolute atomic E-state index is 10.9. The lowest BCUT2D eigenvalue weighted by atomic mass is 10.2. The van der Waals surface area contributed by atoms with Gasteiger partial charge in [0.1, 0.15) is 0 Å². The molecular formula is C10H14N4O4. The first-order valence-electron chi connectivity index (χ1n) is 5.07. The molecule has 0 fully saturated rings. The molecule has 0 heterocycles. The van der Waals surface area contributed by atoms with Crippen LogP contribution in [0.1, 0.15) is 0 Å². The molecule has 0 saturated heterocycles. The van der Waals surface area contributed by atoms with Gasteiger partial charge in [-0.05, 0) is 0 Å². The Hall–Kier alpha value is -2.38. The number of benzene rings is 1. The molecule has 0 saturated carbocycles. The van der Waals surface area contributed by atoms with E-state index in [1.165, 1.54) is 12.1 Å². The zero-order valence-corrected chi connectivity index (χ0v) is 10.6. The average Bonchev–Trinajstić information content (AvgIpc) is 2.26. The first kappa shape index (κ1) is 13.7. The number of nitrogens with zero attached hydrogens (tertiary/aromatic N) is 4. The summed E-state index contributed by atoms with van der Waals surface area (Å²) in [5.74, 6) is 0. The van der Waals surface area contributed by atoms with Crippen LogP contribution in [0.2, 0.25) is 0 Å². The van der Waals surface area contributed by atoms with E-state index >= 15 is 0 Å². The normalized spacial score (nSPS) is 10.0. The third kappa shape index (κ3) is 2.47. The molecule has 0 N–H and O–H groups in total. The van der Waals surface area contributed by atoms with Gasteiger partial charge in [0.25, 0.3) is 0 Å². The Labute approximate surface area is 104 Å². The van der Waals surface area contributed by atoms with Gasteiger partial charge in [0.05, 0.1) is 21.2 Å². The Morgan fingerprint density at radius 3 is 1.28 bits per heavy atom. The van der Waals surface area contributed by atoms with Crippen molar-refractivity contribution in [3.05, 3.63) is 32.4 Å². The van der Waals surface area contributed by atoms with Crippen molar-refractivity contribution in [3.8, 4) is 0 Å². The Morgan fingerprint density at radius 2 is 1.11 bits per heavy atom. The maximum atomic E-state index is 10.9. The minimum absolute atomic E-state index is 0.505. The van der Waals surface area contributed by atoms with Crippen LogP contribution in [0.4, 0.5) is 22.7 Å². The number of nitro groups is 2. The summed E-state index contributed by atoms with van der Waals surface area (Å²) in [5.41, 5.74) is 0.0956. The van der Waals surface area contributed by atoms with Crippen molar-refractivity contribution >= 4 is 22.7 Å². The minimum Gasteiger partial charge on any atom is -0.376 e. The fraction of sp³-hybridized carbons (Fsp3) is 0.400. The second-order valence-corrected chi connectivity index (χ2v) is 4.13. The van der Waals surface area contributed by atoms with Crippen LogP contribution in [0.25, 0.3) is 0 Å². The Bertz CT molecular complexity index is 454. The fourth-order valence-corrected chi connectivity index (χ4v) is 1.56. The molecule has 0 unspecified atom stereocenters. The molecule has 98 valence electrons. The summed E-state index contributed by atoms with van der Waals surface area (Å²) < 4.78 is 0. The van der Waals surface area contributed by atoms with Crippen LogP contribution in [0.3, 0.4) is 0 Å². The third-order valence-corrected chi connectivity index (χ3v) is 2.43. The highest BCUT2D eigenvalue weighted by Crippen LogP contribution is 2.38. The van der Waals surface area contributed by atoms with Crippen molar-refractivity contribution in [2.45, 2.75) is 0 Å². The molecule has 0 aliphatic rings. The molecule has 8 nitrogen and oxygen atoms in total. The molecule has 1 rings (SSSR count). The molecule has 0 aromatic heterocycles. The molecule has 18 heavy (non-hydrogen) atoms. The maximum Gasteiger partial charge on any atom is 0.348 e. The van der Waals surface area contributed by atoms with Crippen LogP contribution in [-0.2, 0) is 0 Å². The zero-order valence-electron chi connectivity index (χ0n) is 10.6. The number of rotatable bonds is 4. The summed E-state index contributed by atoms with van der Waals surface area (Å²) in [7, 11) is 6.88. The highest BCUT2D eigenvalue weighted by atomic mass is 16.6. The predicted octanol–water partition coefficient (Wildman–Crippen LogP) is 1.63. The fourth-order valence-electron chi connectivity index (χ4n) is 1.56. The van der Waals surface area contributed by atoms with Crippen LogP contribution >= 0.6 is 0 Å². The van der Waals surface area contributed by atoms with Gasteiger partial charge in [-0.1, -0.05) is 0 Å². The van der Waals surface area contributed by atoms with Gasteiger partial charge < -0.3 is 9.80 Å². The lowest BCUT2D eigenvalue weighted by Gasteiger charge is -2.21. The Kier molecular flexibility index (Phi) is 3.70. The molecule has 0 spiro atoms. The second kappa shape index (κ2) is 4.86. The number of hydrogen-bond acceptors (Lipinski definition) is 6. The minimum atomic E-state index is -0.745. The largest absolute Gasteiger partial charge is 0.376 e. The third-order valence-electron chi connectivity index (χ3n) is 2.43. The van der Waals surface area contributed by atoms with E-state index < -0.39 is 21.2 Å². The van der Waals surface area contributed by atoms with Crippen LogP contribution in [0.5, 0.6) is 0 Å². The molecule has 0 amide bonds. The summed E-state index contributed by atoms with van der Waals surface area (Å²) in [6.45, 7) is 0. The molecule has 0 aliphatic heterocycles. The molecule has 0 atom stereocenters. The van der Waals surface area contributed by atoms with Crippen LogP contribution in [0.15, 0.2) is 12.1 Å². The van der Waals surface area contributed by atoms with Gasteiger partial charge in [-0.25, -0.2) is 0 Å². The average molecular weight is 254 g/mol. The summed E-state index contributed by atoms with van der Waals surface area (Å²) in [6, 6.07) is 2.43. The van der Waals surface area contributed by atoms with Gasteiger partial charge in [-0.15, -0.1) is 0 Å². The van der Waals surface area contributed by atoms with Gasteiger partial charge >= 0.3 is 11.4 Å². The van der Waals surface area contributed by atoms with Gasteiger partial charge in [-0.2, -0.15) is 0 Å². The molecular weight excluding hydrogens is 240 g/mol. The van der Waals surface area contributed by atoms with Gasteiger partial charge in [0, 0.05) is 40.3 Å². The SMILES string of the molecule is CN(C)c1cc([N+](=O)[O-])c([N+](=O)[O-])cc1N(C)C. The molecule has 1 aromatic carbocycles. The Morgan fingerprint density at radius 1 is 0.833 bits per heavy atom. The van der Waals surface area contributed by atoms with E-state index in [1.54, 1.807) is 38.0 Å². The zero-order chi connectivity index (χ0) is 14.0. The molecule has 0 radical (unpaired) electrons. The lowest BCUT2D eigenvalue weighted by Crippen LogP contribution is -2.17. The van der Waals surface area contributed by atoms with Gasteiger partial charge in [0.15, 0.2) is 0 Å². The second-order valence-electron chi connectivity index (χ2n) is 4.13. The standard InChI is InChI=1S/C10H14N4O4/c1-11(2)7-5-9(13(15)16)10(14(17)18)6-8(7)12(3)4/h5-6H,1-4H3.